The van der Waals surface area contributed by atoms with Crippen molar-refractivity contribution >= 4 is 183 Å². The number of pyridine rings is 4. The molecule has 0 atom stereocenters. The van der Waals surface area contributed by atoms with Gasteiger partial charge in [0.2, 0.25) is 0 Å². The Kier molecular flexibility index (Phi) is 25.8. The van der Waals surface area contributed by atoms with Crippen LogP contribution in [0.1, 0.15) is 58.6 Å². The van der Waals surface area contributed by atoms with Gasteiger partial charge in [-0.15, -0.1) is 45.3 Å². The second-order valence-corrected chi connectivity index (χ2v) is 21.5. The van der Waals surface area contributed by atoms with Gasteiger partial charge in [0.05, 0.1) is 87.0 Å². The Morgan fingerprint density at radius 3 is 1.23 bits per heavy atom. The van der Waals surface area contributed by atoms with Crippen LogP contribution in [0, 0.1) is 0 Å². The van der Waals surface area contributed by atoms with Crippen LogP contribution in [0.3, 0.4) is 0 Å². The number of benzene rings is 3. The lowest BCUT2D eigenvalue weighted by molar-refractivity contribution is 0.0586. The van der Waals surface area contributed by atoms with Gasteiger partial charge in [0.1, 0.15) is 22.8 Å². The van der Waals surface area contributed by atoms with E-state index in [0.717, 1.165) is 84.1 Å². The summed E-state index contributed by atoms with van der Waals surface area (Å²) >= 11 is 18.7. The molecule has 0 amide bonds. The number of aliphatic hydroxyl groups excluding tert-OH is 2. The van der Waals surface area contributed by atoms with E-state index in [1.165, 1.54) is 34.0 Å². The molecule has 0 saturated heterocycles. The Morgan fingerprint density at radius 1 is 0.463 bits per heavy atom. The fourth-order valence-corrected chi connectivity index (χ4v) is 11.6. The maximum atomic E-state index is 11.6. The van der Waals surface area contributed by atoms with Crippen molar-refractivity contribution in [1.82, 2.24) is 19.9 Å². The summed E-state index contributed by atoms with van der Waals surface area (Å²) in [6.07, 6.45) is 0. The number of methoxy groups -OCH3 is 4. The first-order chi connectivity index (χ1) is 39.7. The number of rotatable bonds is 10. The van der Waals surface area contributed by atoms with Crippen molar-refractivity contribution in [2.45, 2.75) is 18.5 Å². The summed E-state index contributed by atoms with van der Waals surface area (Å²) in [7, 11) is 3.97. The van der Waals surface area contributed by atoms with Crippen molar-refractivity contribution in [3.63, 3.8) is 0 Å². The van der Waals surface area contributed by atoms with Crippen molar-refractivity contribution in [1.29, 1.82) is 0 Å². The van der Waals surface area contributed by atoms with Crippen LogP contribution < -0.4 is 5.46 Å². The molecule has 0 bridgehead atoms. The van der Waals surface area contributed by atoms with E-state index in [2.05, 4.69) is 119 Å². The van der Waals surface area contributed by atoms with Crippen LogP contribution in [0.15, 0.2) is 153 Å². The first-order valence-electron chi connectivity index (χ1n) is 23.8. The molecule has 25 heteroatoms. The van der Waals surface area contributed by atoms with E-state index in [4.69, 9.17) is 29.7 Å². The zero-order valence-corrected chi connectivity index (χ0v) is 53.2. The second kappa shape index (κ2) is 32.6. The number of aromatic nitrogens is 4. The molecule has 0 spiro atoms. The Morgan fingerprint density at radius 2 is 0.829 bits per heavy atom. The topological polar surface area (TPSA) is 238 Å². The lowest BCUT2D eigenvalue weighted by Crippen LogP contribution is -2.29. The average Bonchev–Trinajstić information content (AvgIpc) is 4.54. The third kappa shape index (κ3) is 17.2. The number of hydrogen-bond acceptors (Lipinski definition) is 20. The molecule has 8 aromatic heterocycles. The van der Waals surface area contributed by atoms with Gasteiger partial charge in [0.25, 0.3) is 0 Å². The Labute approximate surface area is 518 Å². The Balaban J connectivity index is 0.000000167. The summed E-state index contributed by atoms with van der Waals surface area (Å²) < 4.78 is 23.7. The van der Waals surface area contributed by atoms with Gasteiger partial charge < -0.3 is 39.2 Å². The fourth-order valence-electron chi connectivity index (χ4n) is 7.20. The minimum atomic E-state index is -1.43. The fraction of sp³-hybridized carbons (Fsp3) is 0.123. The predicted octanol–water partition coefficient (Wildman–Crippen LogP) is 13.4. The first kappa shape index (κ1) is 65.0. The molecule has 82 heavy (non-hydrogen) atoms. The van der Waals surface area contributed by atoms with Crippen LogP contribution in [0.5, 0.6) is 0 Å². The zero-order valence-electron chi connectivity index (χ0n) is 43.6. The van der Waals surface area contributed by atoms with Crippen LogP contribution in [0.4, 0.5) is 0 Å². The number of hydrogen-bond donors (Lipinski definition) is 4. The number of fused-ring (bicyclic) bond motifs is 4. The molecular formula is C57H47BBr4N4O12S4. The van der Waals surface area contributed by atoms with Gasteiger partial charge >= 0.3 is 31.0 Å². The lowest BCUT2D eigenvalue weighted by Gasteiger charge is -2.03. The van der Waals surface area contributed by atoms with Crippen molar-refractivity contribution < 1.29 is 58.4 Å². The quantitative estimate of drug-likeness (QED) is 0.0431. The van der Waals surface area contributed by atoms with Crippen LogP contribution in [-0.2, 0) is 37.5 Å². The van der Waals surface area contributed by atoms with E-state index in [-0.39, 0.29) is 13.2 Å². The number of nitrogens with zero attached hydrogens (tertiary/aromatic N) is 4. The number of halogens is 4. The maximum Gasteiger partial charge on any atom is 0.488 e. The number of esters is 4. The highest BCUT2D eigenvalue weighted by atomic mass is 80.9. The van der Waals surface area contributed by atoms with Gasteiger partial charge in [-0.1, -0.05) is 88.7 Å². The van der Waals surface area contributed by atoms with Crippen LogP contribution in [0.25, 0.3) is 63.1 Å². The molecule has 0 radical (unpaired) electrons. The molecule has 8 heterocycles. The maximum absolute atomic E-state index is 11.6. The van der Waals surface area contributed by atoms with Gasteiger partial charge in [-0.05, 0) is 109 Å². The van der Waals surface area contributed by atoms with Crippen molar-refractivity contribution in [3.05, 3.63) is 193 Å². The molecule has 0 saturated carbocycles. The normalized spacial score (nSPS) is 10.3. The van der Waals surface area contributed by atoms with E-state index < -0.39 is 31.0 Å². The number of carbonyl (C=O) groups is 4. The summed E-state index contributed by atoms with van der Waals surface area (Å²) in [5, 5.41) is 43.9. The number of carbonyl (C=O) groups excluding carboxylic acids is 4. The molecule has 3 aromatic carbocycles. The van der Waals surface area contributed by atoms with Gasteiger partial charge in [0.15, 0.2) is 0 Å². The molecule has 0 aliphatic rings. The third-order valence-electron chi connectivity index (χ3n) is 11.4. The summed E-state index contributed by atoms with van der Waals surface area (Å²) in [6.45, 7) is -0.00277. The summed E-state index contributed by atoms with van der Waals surface area (Å²) in [5.74, 6) is -1.66. The summed E-state index contributed by atoms with van der Waals surface area (Å²) in [5.41, 5.74) is 12.0. The van der Waals surface area contributed by atoms with Crippen LogP contribution in [-0.4, -0.2) is 99.6 Å². The van der Waals surface area contributed by atoms with Crippen molar-refractivity contribution in [2.75, 3.05) is 28.4 Å². The predicted molar refractivity (Wildman–Crippen MR) is 341 cm³/mol. The van der Waals surface area contributed by atoms with Crippen molar-refractivity contribution in [2.24, 2.45) is 0 Å². The molecule has 4 N–H and O–H groups in total. The monoisotopic (exact) mass is 1430 g/mol. The van der Waals surface area contributed by atoms with Crippen LogP contribution >= 0.6 is 105 Å². The zero-order chi connectivity index (χ0) is 59.3. The highest BCUT2D eigenvalue weighted by Crippen LogP contribution is 2.35. The number of thiophene rings is 4. The van der Waals surface area contributed by atoms with Gasteiger partial charge in [-0.3, -0.25) is 0 Å². The highest BCUT2D eigenvalue weighted by Gasteiger charge is 2.16. The second-order valence-electron chi connectivity index (χ2n) is 16.4. The molecule has 11 aromatic rings. The summed E-state index contributed by atoms with van der Waals surface area (Å²) in [6, 6.07) is 38.5. The Bertz CT molecular complexity index is 3760. The van der Waals surface area contributed by atoms with Crippen LogP contribution in [0.2, 0.25) is 0 Å². The molecule has 0 aliphatic carbocycles. The number of aliphatic hydroxyl groups is 2. The third-order valence-corrected chi connectivity index (χ3v) is 16.7. The smallest absolute Gasteiger partial charge is 0.464 e. The van der Waals surface area contributed by atoms with Gasteiger partial charge in [-0.2, -0.15) is 0 Å². The van der Waals surface area contributed by atoms with E-state index in [1.54, 1.807) is 93.9 Å². The average molecular weight is 1440 g/mol. The standard InChI is InChI=1S/C16H12BrNO2S.C16H13NO3S.C9H6BrNO2S.C9H7NO2S.C7H9BO3.Br2/c1-20-16(19)13-6-7-14-15(18-13)12(9-21-14)11-4-2-10(8-17)3-5-11;1-20-16(19)13-6-7-14-15(17-13)12(9-21-14)11-4-2-10(8-18)3-5-11;1-13-9(12)6-2-3-7-8(11-6)5(10)4-14-7;1-12-9(11)7-2-3-8-6(10-7)4-5-13-8;9-5-6-1-3-7(4-2-6)8(10)11;1-2/h2-7,9H,8H2,1H3;2-7,9,18H,8H2,1H3;2-4H,1H3;2-5H,1H3;1-4,9-11H,5H2;. The molecule has 0 aliphatic heterocycles. The number of ether oxygens (including phenoxy) is 4. The molecule has 16 nitrogen and oxygen atoms in total. The molecule has 422 valence electrons. The van der Waals surface area contributed by atoms with Gasteiger partial charge in [-0.25, -0.2) is 39.1 Å². The molecule has 11 rings (SSSR count). The van der Waals surface area contributed by atoms with E-state index >= 15 is 0 Å². The largest absolute Gasteiger partial charge is 0.488 e. The van der Waals surface area contributed by atoms with E-state index in [0.29, 0.717) is 28.2 Å². The SMILES string of the molecule is BrBr.COC(=O)c1ccc2scc(-c3ccc(CBr)cc3)c2n1.COC(=O)c1ccc2scc(-c3ccc(CO)cc3)c2n1.COC(=O)c1ccc2scc(Br)c2n1.COC(=O)c1ccc2sccc2n1.OCc1ccc(B(O)O)cc1. The Hall–Kier alpha value is -6.20. The minimum absolute atomic E-state index is 0.0232. The lowest BCUT2D eigenvalue weighted by atomic mass is 9.80. The molecular weight excluding hydrogens is 1390 g/mol. The summed E-state index contributed by atoms with van der Waals surface area (Å²) in [4.78, 5) is 62.7. The van der Waals surface area contributed by atoms with Crippen molar-refractivity contribution in [3.8, 4) is 22.3 Å². The molecule has 0 unspecified atom stereocenters. The van der Waals surface area contributed by atoms with E-state index in [1.807, 2.05) is 70.7 Å². The highest BCUT2D eigenvalue weighted by molar-refractivity contribution is 9.93. The van der Waals surface area contributed by atoms with Gasteiger partial charge in [0, 0.05) is 60.9 Å². The minimum Gasteiger partial charge on any atom is -0.464 e. The van der Waals surface area contributed by atoms with E-state index in [9.17, 15) is 19.2 Å². The first-order valence-corrected chi connectivity index (χ1v) is 32.9. The molecule has 0 fully saturated rings. The number of alkyl halides is 1.